The maximum Gasteiger partial charge on any atom is 0.126 e. The first-order chi connectivity index (χ1) is 9.02. The minimum atomic E-state index is 0.0565. The third-order valence-electron chi connectivity index (χ3n) is 4.34. The molecule has 1 aliphatic rings. The summed E-state index contributed by atoms with van der Waals surface area (Å²) in [6.07, 6.45) is 4.42. The summed E-state index contributed by atoms with van der Waals surface area (Å²) in [5.74, 6) is 1.47. The fourth-order valence-electron chi connectivity index (χ4n) is 3.27. The van der Waals surface area contributed by atoms with Crippen molar-refractivity contribution in [2.45, 2.75) is 51.6 Å². The van der Waals surface area contributed by atoms with Gasteiger partial charge in [0.1, 0.15) is 5.75 Å². The summed E-state index contributed by atoms with van der Waals surface area (Å²) in [5.41, 5.74) is 16.0. The van der Waals surface area contributed by atoms with E-state index in [1.54, 1.807) is 7.11 Å². The van der Waals surface area contributed by atoms with Crippen LogP contribution in [0.15, 0.2) is 12.1 Å². The molecule has 0 spiro atoms. The van der Waals surface area contributed by atoms with Crippen molar-refractivity contribution in [3.8, 4) is 5.75 Å². The van der Waals surface area contributed by atoms with Gasteiger partial charge >= 0.3 is 0 Å². The van der Waals surface area contributed by atoms with Crippen LogP contribution in [0, 0.1) is 19.8 Å². The van der Waals surface area contributed by atoms with E-state index in [4.69, 9.17) is 16.2 Å². The summed E-state index contributed by atoms with van der Waals surface area (Å²) in [7, 11) is 1.73. The minimum Gasteiger partial charge on any atom is -0.496 e. The number of aryl methyl sites for hydroxylation is 2. The van der Waals surface area contributed by atoms with Crippen LogP contribution in [0.3, 0.4) is 0 Å². The summed E-state index contributed by atoms with van der Waals surface area (Å²) in [5, 5.41) is 0. The molecule has 1 unspecified atom stereocenters. The van der Waals surface area contributed by atoms with Gasteiger partial charge in [-0.2, -0.15) is 0 Å². The lowest BCUT2D eigenvalue weighted by Gasteiger charge is -2.31. The number of benzene rings is 1. The first kappa shape index (κ1) is 14.4. The molecule has 106 valence electrons. The van der Waals surface area contributed by atoms with E-state index in [9.17, 15) is 0 Å². The van der Waals surface area contributed by atoms with Gasteiger partial charge in [-0.3, -0.25) is 0 Å². The van der Waals surface area contributed by atoms with Gasteiger partial charge in [0.15, 0.2) is 0 Å². The Morgan fingerprint density at radius 1 is 1.16 bits per heavy atom. The summed E-state index contributed by atoms with van der Waals surface area (Å²) < 4.78 is 5.56. The summed E-state index contributed by atoms with van der Waals surface area (Å²) in [4.78, 5) is 0. The zero-order valence-corrected chi connectivity index (χ0v) is 12.3. The highest BCUT2D eigenvalue weighted by Crippen LogP contribution is 2.38. The van der Waals surface area contributed by atoms with E-state index in [1.165, 1.54) is 11.1 Å². The van der Waals surface area contributed by atoms with Crippen LogP contribution < -0.4 is 16.2 Å². The van der Waals surface area contributed by atoms with Gasteiger partial charge in [0.25, 0.3) is 0 Å². The van der Waals surface area contributed by atoms with Crippen LogP contribution in [-0.4, -0.2) is 13.2 Å². The van der Waals surface area contributed by atoms with Gasteiger partial charge in [-0.15, -0.1) is 0 Å². The van der Waals surface area contributed by atoms with E-state index in [0.717, 1.165) is 37.0 Å². The summed E-state index contributed by atoms with van der Waals surface area (Å²) in [6.45, 7) is 4.19. The van der Waals surface area contributed by atoms with Gasteiger partial charge in [0.05, 0.1) is 7.11 Å². The summed E-state index contributed by atoms with van der Waals surface area (Å²) in [6, 6.07) is 4.74. The van der Waals surface area contributed by atoms with Crippen molar-refractivity contribution in [2.24, 2.45) is 17.4 Å². The highest BCUT2D eigenvalue weighted by molar-refractivity contribution is 5.45. The molecule has 4 N–H and O–H groups in total. The van der Waals surface area contributed by atoms with Crippen LogP contribution in [0.2, 0.25) is 0 Å². The maximum absolute atomic E-state index is 6.51. The molecule has 0 saturated heterocycles. The molecule has 1 saturated carbocycles. The first-order valence-electron chi connectivity index (χ1n) is 7.19. The lowest BCUT2D eigenvalue weighted by Crippen LogP contribution is -2.32. The predicted octanol–water partition coefficient (Wildman–Crippen LogP) is 2.83. The van der Waals surface area contributed by atoms with Crippen LogP contribution in [0.25, 0.3) is 0 Å². The molecule has 1 aliphatic carbocycles. The lowest BCUT2D eigenvalue weighted by molar-refractivity contribution is 0.279. The zero-order chi connectivity index (χ0) is 14.0. The van der Waals surface area contributed by atoms with Crippen molar-refractivity contribution >= 4 is 0 Å². The van der Waals surface area contributed by atoms with Gasteiger partial charge in [-0.25, -0.2) is 0 Å². The van der Waals surface area contributed by atoms with Crippen molar-refractivity contribution in [3.05, 3.63) is 28.8 Å². The third kappa shape index (κ3) is 3.10. The van der Waals surface area contributed by atoms with E-state index in [1.807, 2.05) is 0 Å². The van der Waals surface area contributed by atoms with E-state index in [2.05, 4.69) is 26.0 Å². The van der Waals surface area contributed by atoms with Gasteiger partial charge in [0.2, 0.25) is 0 Å². The monoisotopic (exact) mass is 262 g/mol. The van der Waals surface area contributed by atoms with E-state index < -0.39 is 0 Å². The SMILES string of the molecule is COc1c(C)cc(C)cc1C(N)C1CCC(N)CC1. The van der Waals surface area contributed by atoms with Crippen molar-refractivity contribution < 1.29 is 4.74 Å². The molecule has 1 atom stereocenters. The molecule has 1 fully saturated rings. The van der Waals surface area contributed by atoms with Gasteiger partial charge in [-0.05, 0) is 51.0 Å². The molecule has 3 heteroatoms. The fraction of sp³-hybridized carbons (Fsp3) is 0.625. The lowest BCUT2D eigenvalue weighted by atomic mass is 9.79. The van der Waals surface area contributed by atoms with Gasteiger partial charge < -0.3 is 16.2 Å². The van der Waals surface area contributed by atoms with E-state index >= 15 is 0 Å². The Morgan fingerprint density at radius 2 is 1.79 bits per heavy atom. The molecule has 0 heterocycles. The zero-order valence-electron chi connectivity index (χ0n) is 12.3. The molecule has 3 nitrogen and oxygen atoms in total. The molecule has 0 aromatic heterocycles. The van der Waals surface area contributed by atoms with Crippen molar-refractivity contribution in [1.29, 1.82) is 0 Å². The molecule has 0 amide bonds. The highest BCUT2D eigenvalue weighted by atomic mass is 16.5. The Balaban J connectivity index is 2.25. The number of ether oxygens (including phenoxy) is 1. The fourth-order valence-corrected chi connectivity index (χ4v) is 3.27. The van der Waals surface area contributed by atoms with Crippen molar-refractivity contribution in [1.82, 2.24) is 0 Å². The molecule has 1 aromatic rings. The van der Waals surface area contributed by atoms with Gasteiger partial charge in [-0.1, -0.05) is 17.7 Å². The quantitative estimate of drug-likeness (QED) is 0.880. The Labute approximate surface area is 116 Å². The first-order valence-corrected chi connectivity index (χ1v) is 7.19. The molecule has 0 bridgehead atoms. The molecule has 2 rings (SSSR count). The number of rotatable bonds is 3. The second-order valence-electron chi connectivity index (χ2n) is 5.90. The van der Waals surface area contributed by atoms with Crippen LogP contribution in [0.4, 0.5) is 0 Å². The van der Waals surface area contributed by atoms with E-state index in [-0.39, 0.29) is 6.04 Å². The Kier molecular flexibility index (Phi) is 4.48. The van der Waals surface area contributed by atoms with Crippen LogP contribution in [0.5, 0.6) is 5.75 Å². The second kappa shape index (κ2) is 5.93. The molecule has 1 aromatic carbocycles. The Hall–Kier alpha value is -1.06. The third-order valence-corrected chi connectivity index (χ3v) is 4.34. The smallest absolute Gasteiger partial charge is 0.126 e. The highest BCUT2D eigenvalue weighted by Gasteiger charge is 2.27. The summed E-state index contributed by atoms with van der Waals surface area (Å²) >= 11 is 0. The molecule has 0 radical (unpaired) electrons. The van der Waals surface area contributed by atoms with E-state index in [0.29, 0.717) is 12.0 Å². The molecule has 0 aliphatic heterocycles. The Bertz CT molecular complexity index is 437. The minimum absolute atomic E-state index is 0.0565. The van der Waals surface area contributed by atoms with Crippen LogP contribution >= 0.6 is 0 Å². The standard InChI is InChI=1S/C16H26N2O/c1-10-8-11(2)16(19-3)14(9-10)15(18)12-4-6-13(17)7-5-12/h8-9,12-13,15H,4-7,17-18H2,1-3H3. The largest absolute Gasteiger partial charge is 0.496 e. The molecular formula is C16H26N2O. The second-order valence-corrected chi connectivity index (χ2v) is 5.90. The number of hydrogen-bond donors (Lipinski definition) is 2. The maximum atomic E-state index is 6.51. The Morgan fingerprint density at radius 3 is 2.37 bits per heavy atom. The predicted molar refractivity (Wildman–Crippen MR) is 79.3 cm³/mol. The number of nitrogens with two attached hydrogens (primary N) is 2. The average molecular weight is 262 g/mol. The molecule has 19 heavy (non-hydrogen) atoms. The topological polar surface area (TPSA) is 61.3 Å². The molecular weight excluding hydrogens is 236 g/mol. The number of methoxy groups -OCH3 is 1. The normalized spacial score (nSPS) is 25.1. The van der Waals surface area contributed by atoms with Crippen LogP contribution in [0.1, 0.15) is 48.4 Å². The average Bonchev–Trinajstić information content (AvgIpc) is 2.38. The van der Waals surface area contributed by atoms with Crippen molar-refractivity contribution in [2.75, 3.05) is 7.11 Å². The van der Waals surface area contributed by atoms with Gasteiger partial charge in [0, 0.05) is 17.6 Å². The van der Waals surface area contributed by atoms with Crippen molar-refractivity contribution in [3.63, 3.8) is 0 Å². The van der Waals surface area contributed by atoms with Crippen LogP contribution in [-0.2, 0) is 0 Å². The number of hydrogen-bond acceptors (Lipinski definition) is 3.